The lowest BCUT2D eigenvalue weighted by Crippen LogP contribution is -2.34. The average Bonchev–Trinajstić information content (AvgIpc) is 2.74. The summed E-state index contributed by atoms with van der Waals surface area (Å²) in [5, 5.41) is 12.4. The fourth-order valence-corrected chi connectivity index (χ4v) is 1.73. The van der Waals surface area contributed by atoms with Crippen molar-refractivity contribution in [3.63, 3.8) is 0 Å². The standard InChI is InChI=1S/C15H26N2O2/c1-5-8-17(9-10-18)12-14-7-6-13(19-14)11-16-15(2,3)4/h5-7,16,18H,1,8-12H2,2-4H3. The molecule has 108 valence electrons. The van der Waals surface area contributed by atoms with Gasteiger partial charge in [-0.05, 0) is 32.9 Å². The molecule has 0 fully saturated rings. The number of aliphatic hydroxyl groups excluding tert-OH is 1. The van der Waals surface area contributed by atoms with Crippen molar-refractivity contribution in [3.05, 3.63) is 36.3 Å². The predicted octanol–water partition coefficient (Wildman–Crippen LogP) is 2.15. The number of nitrogens with zero attached hydrogens (tertiary/aromatic N) is 1. The molecule has 0 spiro atoms. The molecule has 0 saturated carbocycles. The number of aliphatic hydroxyl groups is 1. The van der Waals surface area contributed by atoms with Gasteiger partial charge in [-0.3, -0.25) is 4.90 Å². The van der Waals surface area contributed by atoms with Crippen LogP contribution in [0.3, 0.4) is 0 Å². The lowest BCUT2D eigenvalue weighted by Gasteiger charge is -2.19. The van der Waals surface area contributed by atoms with E-state index in [9.17, 15) is 0 Å². The summed E-state index contributed by atoms with van der Waals surface area (Å²) in [4.78, 5) is 2.09. The third kappa shape index (κ3) is 6.57. The van der Waals surface area contributed by atoms with E-state index < -0.39 is 0 Å². The number of hydrogen-bond acceptors (Lipinski definition) is 4. The van der Waals surface area contributed by atoms with E-state index in [1.807, 2.05) is 18.2 Å². The summed E-state index contributed by atoms with van der Waals surface area (Å²) in [5.41, 5.74) is 0.0821. The molecule has 1 rings (SSSR count). The van der Waals surface area contributed by atoms with Gasteiger partial charge in [-0.2, -0.15) is 0 Å². The predicted molar refractivity (Wildman–Crippen MR) is 77.9 cm³/mol. The molecule has 1 aromatic rings. The highest BCUT2D eigenvalue weighted by molar-refractivity contribution is 5.07. The molecule has 4 nitrogen and oxygen atoms in total. The van der Waals surface area contributed by atoms with E-state index in [4.69, 9.17) is 9.52 Å². The quantitative estimate of drug-likeness (QED) is 0.708. The normalized spacial score (nSPS) is 12.1. The Bertz CT molecular complexity index is 380. The minimum absolute atomic E-state index is 0.0821. The molecule has 1 heterocycles. The molecule has 0 saturated heterocycles. The van der Waals surface area contributed by atoms with Crippen molar-refractivity contribution < 1.29 is 9.52 Å². The smallest absolute Gasteiger partial charge is 0.118 e. The number of rotatable bonds is 8. The highest BCUT2D eigenvalue weighted by atomic mass is 16.3. The van der Waals surface area contributed by atoms with Crippen molar-refractivity contribution in [2.75, 3.05) is 19.7 Å². The molecule has 0 aliphatic carbocycles. The molecule has 0 atom stereocenters. The lowest BCUT2D eigenvalue weighted by molar-refractivity contribution is 0.193. The van der Waals surface area contributed by atoms with E-state index in [2.05, 4.69) is 37.6 Å². The Morgan fingerprint density at radius 2 is 2.05 bits per heavy atom. The van der Waals surface area contributed by atoms with E-state index in [-0.39, 0.29) is 12.1 Å². The van der Waals surface area contributed by atoms with Crippen LogP contribution in [-0.4, -0.2) is 35.2 Å². The molecule has 0 amide bonds. The Hall–Kier alpha value is -1.10. The van der Waals surface area contributed by atoms with Crippen molar-refractivity contribution in [1.29, 1.82) is 0 Å². The molecular weight excluding hydrogens is 240 g/mol. The van der Waals surface area contributed by atoms with E-state index in [0.29, 0.717) is 13.1 Å². The number of nitrogens with one attached hydrogen (secondary N) is 1. The first-order valence-corrected chi connectivity index (χ1v) is 6.71. The van der Waals surface area contributed by atoms with Crippen LogP contribution in [0, 0.1) is 0 Å². The van der Waals surface area contributed by atoms with Gasteiger partial charge in [0, 0.05) is 18.6 Å². The summed E-state index contributed by atoms with van der Waals surface area (Å²) < 4.78 is 5.78. The van der Waals surface area contributed by atoms with Crippen molar-refractivity contribution in [3.8, 4) is 0 Å². The molecule has 2 N–H and O–H groups in total. The van der Waals surface area contributed by atoms with E-state index in [1.165, 1.54) is 0 Å². The number of furan rings is 1. The van der Waals surface area contributed by atoms with E-state index in [0.717, 1.165) is 24.6 Å². The van der Waals surface area contributed by atoms with E-state index >= 15 is 0 Å². The van der Waals surface area contributed by atoms with Gasteiger partial charge in [-0.1, -0.05) is 6.08 Å². The van der Waals surface area contributed by atoms with Crippen LogP contribution in [0.15, 0.2) is 29.2 Å². The molecule has 0 unspecified atom stereocenters. The molecule has 4 heteroatoms. The van der Waals surface area contributed by atoms with Crippen molar-refractivity contribution in [1.82, 2.24) is 10.2 Å². The van der Waals surface area contributed by atoms with Crippen LogP contribution in [0.2, 0.25) is 0 Å². The fourth-order valence-electron chi connectivity index (χ4n) is 1.73. The van der Waals surface area contributed by atoms with Gasteiger partial charge in [0.05, 0.1) is 19.7 Å². The first-order chi connectivity index (χ1) is 8.94. The molecule has 0 aromatic carbocycles. The van der Waals surface area contributed by atoms with Gasteiger partial charge >= 0.3 is 0 Å². The van der Waals surface area contributed by atoms with Gasteiger partial charge in [-0.25, -0.2) is 0 Å². The third-order valence-corrected chi connectivity index (χ3v) is 2.69. The highest BCUT2D eigenvalue weighted by Gasteiger charge is 2.11. The maximum atomic E-state index is 9.00. The molecule has 0 bridgehead atoms. The van der Waals surface area contributed by atoms with Gasteiger partial charge in [0.2, 0.25) is 0 Å². The molecule has 0 radical (unpaired) electrons. The molecule has 0 aliphatic rings. The lowest BCUT2D eigenvalue weighted by atomic mass is 10.1. The summed E-state index contributed by atoms with van der Waals surface area (Å²) in [6, 6.07) is 3.99. The zero-order chi connectivity index (χ0) is 14.3. The minimum atomic E-state index is 0.0821. The summed E-state index contributed by atoms with van der Waals surface area (Å²) >= 11 is 0. The summed E-state index contributed by atoms with van der Waals surface area (Å²) in [5.74, 6) is 1.86. The van der Waals surface area contributed by atoms with Crippen LogP contribution in [0.5, 0.6) is 0 Å². The maximum absolute atomic E-state index is 9.00. The third-order valence-electron chi connectivity index (χ3n) is 2.69. The second kappa shape index (κ2) is 7.48. The Morgan fingerprint density at radius 1 is 1.37 bits per heavy atom. The largest absolute Gasteiger partial charge is 0.463 e. The highest BCUT2D eigenvalue weighted by Crippen LogP contribution is 2.12. The van der Waals surface area contributed by atoms with Crippen LogP contribution in [-0.2, 0) is 13.1 Å². The van der Waals surface area contributed by atoms with Crippen LogP contribution >= 0.6 is 0 Å². The average molecular weight is 266 g/mol. The van der Waals surface area contributed by atoms with Crippen molar-refractivity contribution in [2.24, 2.45) is 0 Å². The van der Waals surface area contributed by atoms with Gasteiger partial charge in [0.1, 0.15) is 11.5 Å². The Morgan fingerprint density at radius 3 is 2.63 bits per heavy atom. The first kappa shape index (κ1) is 16.0. The SMILES string of the molecule is C=CCN(CCO)Cc1ccc(CNC(C)(C)C)o1. The van der Waals surface area contributed by atoms with Gasteiger partial charge in [0.25, 0.3) is 0 Å². The van der Waals surface area contributed by atoms with Crippen LogP contribution in [0.1, 0.15) is 32.3 Å². The molecule has 19 heavy (non-hydrogen) atoms. The first-order valence-electron chi connectivity index (χ1n) is 6.71. The fraction of sp³-hybridized carbons (Fsp3) is 0.600. The number of hydrogen-bond donors (Lipinski definition) is 2. The maximum Gasteiger partial charge on any atom is 0.118 e. The summed E-state index contributed by atoms with van der Waals surface area (Å²) in [7, 11) is 0. The van der Waals surface area contributed by atoms with Crippen LogP contribution in [0.4, 0.5) is 0 Å². The van der Waals surface area contributed by atoms with Gasteiger partial charge in [-0.15, -0.1) is 6.58 Å². The topological polar surface area (TPSA) is 48.6 Å². The van der Waals surface area contributed by atoms with Gasteiger partial charge in [0.15, 0.2) is 0 Å². The Labute approximate surface area is 116 Å². The van der Waals surface area contributed by atoms with E-state index in [1.54, 1.807) is 0 Å². The van der Waals surface area contributed by atoms with Gasteiger partial charge < -0.3 is 14.8 Å². The van der Waals surface area contributed by atoms with Crippen LogP contribution in [0.25, 0.3) is 0 Å². The zero-order valence-electron chi connectivity index (χ0n) is 12.3. The van der Waals surface area contributed by atoms with Crippen molar-refractivity contribution in [2.45, 2.75) is 39.4 Å². The molecule has 0 aliphatic heterocycles. The summed E-state index contributed by atoms with van der Waals surface area (Å²) in [6.45, 7) is 13.1. The minimum Gasteiger partial charge on any atom is -0.463 e. The second-order valence-electron chi connectivity index (χ2n) is 5.72. The Balaban J connectivity index is 2.51. The van der Waals surface area contributed by atoms with Crippen LogP contribution < -0.4 is 5.32 Å². The monoisotopic (exact) mass is 266 g/mol. The molecule has 1 aromatic heterocycles. The second-order valence-corrected chi connectivity index (χ2v) is 5.72. The summed E-state index contributed by atoms with van der Waals surface area (Å²) in [6.07, 6.45) is 1.83. The Kier molecular flexibility index (Phi) is 6.28. The zero-order valence-corrected chi connectivity index (χ0v) is 12.3. The van der Waals surface area contributed by atoms with Crippen molar-refractivity contribution >= 4 is 0 Å². The molecular formula is C15H26N2O2.